The van der Waals surface area contributed by atoms with Gasteiger partial charge in [0.25, 0.3) is 0 Å². The highest BCUT2D eigenvalue weighted by Gasteiger charge is 2.40. The Hall–Kier alpha value is -3.04. The number of benzene rings is 2. The zero-order chi connectivity index (χ0) is 24.1. The molecule has 0 bridgehead atoms. The Labute approximate surface area is 204 Å². The molecule has 1 fully saturated rings. The van der Waals surface area contributed by atoms with Gasteiger partial charge in [0, 0.05) is 36.3 Å². The minimum absolute atomic E-state index is 0.234. The molecule has 3 N–H and O–H groups in total. The summed E-state index contributed by atoms with van der Waals surface area (Å²) in [6, 6.07) is 10.9. The Balaban J connectivity index is 1.39. The number of hydrogen-bond acceptors (Lipinski definition) is 3. The second-order valence-corrected chi connectivity index (χ2v) is 9.15. The summed E-state index contributed by atoms with van der Waals surface area (Å²) in [6.07, 6.45) is 5.71. The number of carbonyl (C=O) groups is 2. The number of halogens is 3. The SMILES string of the molecule is O=C(C=Cc1ccc(F)c(Br)c1)NC1(C(=O)NCCn2ccc3cc(F)ccc32)CCNCC1. The van der Waals surface area contributed by atoms with Gasteiger partial charge in [0.15, 0.2) is 0 Å². The predicted molar refractivity (Wildman–Crippen MR) is 131 cm³/mol. The number of fused-ring (bicyclic) bond motifs is 1. The lowest BCUT2D eigenvalue weighted by Crippen LogP contribution is -2.62. The molecule has 2 heterocycles. The maximum absolute atomic E-state index is 13.4. The zero-order valence-electron chi connectivity index (χ0n) is 18.4. The van der Waals surface area contributed by atoms with Crippen LogP contribution < -0.4 is 16.0 Å². The van der Waals surface area contributed by atoms with E-state index >= 15 is 0 Å². The molecule has 34 heavy (non-hydrogen) atoms. The molecule has 2 amide bonds. The van der Waals surface area contributed by atoms with Crippen LogP contribution in [0, 0.1) is 11.6 Å². The number of amides is 2. The van der Waals surface area contributed by atoms with E-state index in [-0.39, 0.29) is 17.5 Å². The van der Waals surface area contributed by atoms with Crippen LogP contribution >= 0.6 is 15.9 Å². The summed E-state index contributed by atoms with van der Waals surface area (Å²) < 4.78 is 29.1. The number of rotatable bonds is 7. The van der Waals surface area contributed by atoms with Gasteiger partial charge in [0.2, 0.25) is 11.8 Å². The van der Waals surface area contributed by atoms with E-state index in [0.29, 0.717) is 49.1 Å². The first-order chi connectivity index (χ1) is 16.4. The third kappa shape index (κ3) is 5.53. The molecular formula is C25H25BrF2N4O2. The van der Waals surface area contributed by atoms with Crippen molar-refractivity contribution in [3.63, 3.8) is 0 Å². The molecule has 0 spiro atoms. The standard InChI is InChI=1S/C25H25BrF2N4O2/c26-20-15-17(1-4-21(20)28)2-6-23(33)31-25(8-10-29-11-9-25)24(34)30-12-14-32-13-7-18-16-19(27)3-5-22(18)32/h1-7,13,15-16,29H,8-12,14H2,(H,30,34)(H,31,33). The predicted octanol–water partition coefficient (Wildman–Crippen LogP) is 3.75. The van der Waals surface area contributed by atoms with E-state index in [1.54, 1.807) is 24.3 Å². The average Bonchev–Trinajstić information content (AvgIpc) is 3.22. The summed E-state index contributed by atoms with van der Waals surface area (Å²) in [4.78, 5) is 25.8. The summed E-state index contributed by atoms with van der Waals surface area (Å²) in [6.45, 7) is 2.10. The topological polar surface area (TPSA) is 75.2 Å². The van der Waals surface area contributed by atoms with Crippen LogP contribution in [-0.2, 0) is 16.1 Å². The van der Waals surface area contributed by atoms with Gasteiger partial charge in [-0.05, 0) is 89.9 Å². The number of nitrogens with zero attached hydrogens (tertiary/aromatic N) is 1. The van der Waals surface area contributed by atoms with Crippen molar-refractivity contribution in [2.45, 2.75) is 24.9 Å². The van der Waals surface area contributed by atoms with E-state index in [9.17, 15) is 18.4 Å². The highest BCUT2D eigenvalue weighted by Crippen LogP contribution is 2.21. The molecule has 3 aromatic rings. The summed E-state index contributed by atoms with van der Waals surface area (Å²) in [7, 11) is 0. The molecule has 1 aromatic heterocycles. The second kappa shape index (κ2) is 10.5. The Morgan fingerprint density at radius 1 is 1.12 bits per heavy atom. The monoisotopic (exact) mass is 530 g/mol. The lowest BCUT2D eigenvalue weighted by atomic mass is 9.87. The molecule has 1 aliphatic heterocycles. The molecule has 1 saturated heterocycles. The van der Waals surface area contributed by atoms with E-state index in [0.717, 1.165) is 10.9 Å². The van der Waals surface area contributed by atoms with Crippen LogP contribution in [0.2, 0.25) is 0 Å². The summed E-state index contributed by atoms with van der Waals surface area (Å²) in [5, 5.41) is 9.86. The summed E-state index contributed by atoms with van der Waals surface area (Å²) in [5.41, 5.74) is 0.530. The fraction of sp³-hybridized carbons (Fsp3) is 0.280. The molecule has 6 nitrogen and oxygen atoms in total. The smallest absolute Gasteiger partial charge is 0.245 e. The number of nitrogens with one attached hydrogen (secondary N) is 3. The minimum Gasteiger partial charge on any atom is -0.352 e. The first-order valence-electron chi connectivity index (χ1n) is 11.0. The molecule has 0 unspecified atom stereocenters. The van der Waals surface area contributed by atoms with Gasteiger partial charge >= 0.3 is 0 Å². The van der Waals surface area contributed by atoms with Crippen LogP contribution in [0.15, 0.2) is 59.2 Å². The van der Waals surface area contributed by atoms with Gasteiger partial charge in [-0.3, -0.25) is 9.59 Å². The Morgan fingerprint density at radius 2 is 1.91 bits per heavy atom. The molecular weight excluding hydrogens is 506 g/mol. The van der Waals surface area contributed by atoms with Crippen LogP contribution in [-0.4, -0.2) is 41.6 Å². The van der Waals surface area contributed by atoms with Crippen LogP contribution in [0.3, 0.4) is 0 Å². The van der Waals surface area contributed by atoms with Gasteiger partial charge in [-0.25, -0.2) is 8.78 Å². The van der Waals surface area contributed by atoms with Crippen molar-refractivity contribution in [1.29, 1.82) is 0 Å². The quantitative estimate of drug-likeness (QED) is 0.407. The fourth-order valence-corrected chi connectivity index (χ4v) is 4.55. The van der Waals surface area contributed by atoms with Crippen molar-refractivity contribution < 1.29 is 18.4 Å². The van der Waals surface area contributed by atoms with Gasteiger partial charge in [0.05, 0.1) is 4.47 Å². The molecule has 0 saturated carbocycles. The maximum Gasteiger partial charge on any atom is 0.245 e. The third-order valence-electron chi connectivity index (χ3n) is 6.00. The molecule has 9 heteroatoms. The first-order valence-corrected chi connectivity index (χ1v) is 11.8. The molecule has 2 aromatic carbocycles. The van der Waals surface area contributed by atoms with Crippen molar-refractivity contribution in [1.82, 2.24) is 20.5 Å². The second-order valence-electron chi connectivity index (χ2n) is 8.30. The Morgan fingerprint density at radius 3 is 2.68 bits per heavy atom. The van der Waals surface area contributed by atoms with Gasteiger partial charge in [0.1, 0.15) is 17.2 Å². The van der Waals surface area contributed by atoms with E-state index in [1.165, 1.54) is 24.3 Å². The van der Waals surface area contributed by atoms with Crippen LogP contribution in [0.4, 0.5) is 8.78 Å². The minimum atomic E-state index is -1.02. The molecule has 0 radical (unpaired) electrons. The maximum atomic E-state index is 13.4. The van der Waals surface area contributed by atoms with Gasteiger partial charge in [-0.15, -0.1) is 0 Å². The Bertz CT molecular complexity index is 1230. The van der Waals surface area contributed by atoms with E-state index in [2.05, 4.69) is 31.9 Å². The third-order valence-corrected chi connectivity index (χ3v) is 6.60. The lowest BCUT2D eigenvalue weighted by Gasteiger charge is -2.36. The average molecular weight is 531 g/mol. The fourth-order valence-electron chi connectivity index (χ4n) is 4.15. The Kier molecular flexibility index (Phi) is 7.43. The number of piperidine rings is 1. The van der Waals surface area contributed by atoms with Crippen molar-refractivity contribution >= 4 is 44.7 Å². The normalized spacial score (nSPS) is 15.5. The van der Waals surface area contributed by atoms with Crippen molar-refractivity contribution in [2.24, 2.45) is 0 Å². The van der Waals surface area contributed by atoms with Crippen molar-refractivity contribution in [2.75, 3.05) is 19.6 Å². The molecule has 178 valence electrons. The lowest BCUT2D eigenvalue weighted by molar-refractivity contribution is -0.133. The molecule has 0 atom stereocenters. The van der Waals surface area contributed by atoms with Gasteiger partial charge in [-0.1, -0.05) is 6.07 Å². The van der Waals surface area contributed by atoms with Gasteiger partial charge < -0.3 is 20.5 Å². The van der Waals surface area contributed by atoms with Gasteiger partial charge in [-0.2, -0.15) is 0 Å². The molecule has 0 aliphatic carbocycles. The molecule has 4 rings (SSSR count). The summed E-state index contributed by atoms with van der Waals surface area (Å²) in [5.74, 6) is -1.30. The van der Waals surface area contributed by atoms with E-state index in [1.807, 2.05) is 16.8 Å². The van der Waals surface area contributed by atoms with E-state index in [4.69, 9.17) is 0 Å². The summed E-state index contributed by atoms with van der Waals surface area (Å²) >= 11 is 3.13. The zero-order valence-corrected chi connectivity index (χ0v) is 20.0. The highest BCUT2D eigenvalue weighted by molar-refractivity contribution is 9.10. The highest BCUT2D eigenvalue weighted by atomic mass is 79.9. The van der Waals surface area contributed by atoms with Crippen molar-refractivity contribution in [3.8, 4) is 0 Å². The first kappa shape index (κ1) is 24.1. The number of hydrogen-bond donors (Lipinski definition) is 3. The van der Waals surface area contributed by atoms with E-state index < -0.39 is 11.4 Å². The molecule has 1 aliphatic rings. The number of carbonyl (C=O) groups excluding carboxylic acids is 2. The van der Waals surface area contributed by atoms with Crippen LogP contribution in [0.25, 0.3) is 17.0 Å². The van der Waals surface area contributed by atoms with Crippen LogP contribution in [0.1, 0.15) is 18.4 Å². The number of aromatic nitrogens is 1. The largest absolute Gasteiger partial charge is 0.352 e. The van der Waals surface area contributed by atoms with Crippen LogP contribution in [0.5, 0.6) is 0 Å². The van der Waals surface area contributed by atoms with Crippen molar-refractivity contribution in [3.05, 3.63) is 76.4 Å².